The molecule has 0 radical (unpaired) electrons. The third kappa shape index (κ3) is 2.99. The predicted molar refractivity (Wildman–Crippen MR) is 54.9 cm³/mol. The standard InChI is InChI=1S/C10H14N4O/c15-10(3-8-4-12-5-8)13-6-9-1-2-11-7-14-9/h1-2,7-8,12H,3-6H2,(H,13,15). The number of amides is 1. The molecule has 1 saturated heterocycles. The Balaban J connectivity index is 1.71. The van der Waals surface area contributed by atoms with Crippen molar-refractivity contribution in [1.29, 1.82) is 0 Å². The number of aromatic nitrogens is 2. The molecule has 1 amide bonds. The van der Waals surface area contributed by atoms with Crippen molar-refractivity contribution in [3.63, 3.8) is 0 Å². The third-order valence-corrected chi connectivity index (χ3v) is 2.45. The van der Waals surface area contributed by atoms with Crippen LogP contribution in [0, 0.1) is 5.92 Å². The van der Waals surface area contributed by atoms with Crippen molar-refractivity contribution in [3.8, 4) is 0 Å². The molecule has 5 heteroatoms. The van der Waals surface area contributed by atoms with Gasteiger partial charge in [0.15, 0.2) is 0 Å². The average molecular weight is 206 g/mol. The molecule has 2 N–H and O–H groups in total. The summed E-state index contributed by atoms with van der Waals surface area (Å²) in [7, 11) is 0. The lowest BCUT2D eigenvalue weighted by Crippen LogP contribution is -2.44. The summed E-state index contributed by atoms with van der Waals surface area (Å²) in [5.41, 5.74) is 0.838. The lowest BCUT2D eigenvalue weighted by molar-refractivity contribution is -0.122. The third-order valence-electron chi connectivity index (χ3n) is 2.45. The van der Waals surface area contributed by atoms with E-state index in [0.717, 1.165) is 18.8 Å². The van der Waals surface area contributed by atoms with Gasteiger partial charge in [-0.15, -0.1) is 0 Å². The minimum Gasteiger partial charge on any atom is -0.350 e. The van der Waals surface area contributed by atoms with Gasteiger partial charge >= 0.3 is 0 Å². The molecule has 1 aliphatic heterocycles. The smallest absolute Gasteiger partial charge is 0.220 e. The zero-order valence-electron chi connectivity index (χ0n) is 8.44. The van der Waals surface area contributed by atoms with Crippen LogP contribution >= 0.6 is 0 Å². The summed E-state index contributed by atoms with van der Waals surface area (Å²) in [5, 5.41) is 5.98. The van der Waals surface area contributed by atoms with Crippen molar-refractivity contribution < 1.29 is 4.79 Å². The topological polar surface area (TPSA) is 66.9 Å². The number of carbonyl (C=O) groups excluding carboxylic acids is 1. The van der Waals surface area contributed by atoms with E-state index in [9.17, 15) is 4.79 Å². The average Bonchev–Trinajstić information content (AvgIpc) is 2.22. The van der Waals surface area contributed by atoms with Crippen LogP contribution in [0.3, 0.4) is 0 Å². The molecule has 2 rings (SSSR count). The van der Waals surface area contributed by atoms with E-state index in [4.69, 9.17) is 0 Å². The van der Waals surface area contributed by atoms with Gasteiger partial charge in [0.05, 0.1) is 12.2 Å². The van der Waals surface area contributed by atoms with Crippen LogP contribution in [-0.4, -0.2) is 29.0 Å². The SMILES string of the molecule is O=C(CC1CNC1)NCc1ccncn1. The van der Waals surface area contributed by atoms with Gasteiger partial charge in [0.25, 0.3) is 0 Å². The second-order valence-electron chi connectivity index (χ2n) is 3.71. The maximum atomic E-state index is 11.4. The summed E-state index contributed by atoms with van der Waals surface area (Å²) in [6, 6.07) is 1.80. The fraction of sp³-hybridized carbons (Fsp3) is 0.500. The van der Waals surface area contributed by atoms with E-state index in [0.29, 0.717) is 18.9 Å². The second-order valence-corrected chi connectivity index (χ2v) is 3.71. The monoisotopic (exact) mass is 206 g/mol. The van der Waals surface area contributed by atoms with E-state index in [1.165, 1.54) is 6.33 Å². The summed E-state index contributed by atoms with van der Waals surface area (Å²) < 4.78 is 0. The highest BCUT2D eigenvalue weighted by atomic mass is 16.1. The highest BCUT2D eigenvalue weighted by Crippen LogP contribution is 2.07. The Bertz CT molecular complexity index is 323. The molecule has 2 heterocycles. The van der Waals surface area contributed by atoms with Crippen LogP contribution in [0.2, 0.25) is 0 Å². The lowest BCUT2D eigenvalue weighted by atomic mass is 9.99. The maximum Gasteiger partial charge on any atom is 0.220 e. The van der Waals surface area contributed by atoms with Gasteiger partial charge in [-0.1, -0.05) is 0 Å². The van der Waals surface area contributed by atoms with Crippen LogP contribution in [0.25, 0.3) is 0 Å². The van der Waals surface area contributed by atoms with Gasteiger partial charge in [-0.25, -0.2) is 9.97 Å². The molecule has 5 nitrogen and oxygen atoms in total. The van der Waals surface area contributed by atoms with Crippen molar-refractivity contribution >= 4 is 5.91 Å². The first-order chi connectivity index (χ1) is 7.34. The summed E-state index contributed by atoms with van der Waals surface area (Å²) >= 11 is 0. The Kier molecular flexibility index (Phi) is 3.24. The quantitative estimate of drug-likeness (QED) is 0.710. The molecule has 1 aromatic heterocycles. The molecule has 0 bridgehead atoms. The number of rotatable bonds is 4. The minimum atomic E-state index is 0.0973. The molecule has 0 unspecified atom stereocenters. The van der Waals surface area contributed by atoms with Crippen LogP contribution in [0.5, 0.6) is 0 Å². The van der Waals surface area contributed by atoms with Gasteiger partial charge < -0.3 is 10.6 Å². The summed E-state index contributed by atoms with van der Waals surface area (Å²) in [4.78, 5) is 19.3. The van der Waals surface area contributed by atoms with Crippen LogP contribution < -0.4 is 10.6 Å². The zero-order chi connectivity index (χ0) is 10.5. The molecule has 1 aromatic rings. The molecular weight excluding hydrogens is 192 g/mol. The normalized spacial score (nSPS) is 15.7. The van der Waals surface area contributed by atoms with Gasteiger partial charge in [0, 0.05) is 12.6 Å². The predicted octanol–water partition coefficient (Wildman–Crippen LogP) is -0.298. The van der Waals surface area contributed by atoms with Gasteiger partial charge in [0.1, 0.15) is 6.33 Å². The van der Waals surface area contributed by atoms with Gasteiger partial charge in [-0.2, -0.15) is 0 Å². The fourth-order valence-corrected chi connectivity index (χ4v) is 1.44. The molecule has 0 spiro atoms. The Morgan fingerprint density at radius 2 is 2.47 bits per heavy atom. The minimum absolute atomic E-state index is 0.0973. The Morgan fingerprint density at radius 1 is 1.60 bits per heavy atom. The first kappa shape index (κ1) is 10.0. The Labute approximate surface area is 88.3 Å². The van der Waals surface area contributed by atoms with Crippen molar-refractivity contribution in [1.82, 2.24) is 20.6 Å². The fourth-order valence-electron chi connectivity index (χ4n) is 1.44. The summed E-state index contributed by atoms with van der Waals surface area (Å²) in [6.07, 6.45) is 3.76. The molecule has 0 aromatic carbocycles. The highest BCUT2D eigenvalue weighted by Gasteiger charge is 2.19. The Morgan fingerprint density at radius 3 is 3.07 bits per heavy atom. The van der Waals surface area contributed by atoms with Crippen molar-refractivity contribution in [2.45, 2.75) is 13.0 Å². The van der Waals surface area contributed by atoms with Crippen LogP contribution in [-0.2, 0) is 11.3 Å². The van der Waals surface area contributed by atoms with Gasteiger partial charge in [0.2, 0.25) is 5.91 Å². The molecule has 0 saturated carbocycles. The van der Waals surface area contributed by atoms with E-state index in [-0.39, 0.29) is 5.91 Å². The van der Waals surface area contributed by atoms with E-state index in [2.05, 4.69) is 20.6 Å². The lowest BCUT2D eigenvalue weighted by Gasteiger charge is -2.26. The molecule has 1 fully saturated rings. The van der Waals surface area contributed by atoms with Crippen LogP contribution in [0.1, 0.15) is 12.1 Å². The number of nitrogens with one attached hydrogen (secondary N) is 2. The summed E-state index contributed by atoms with van der Waals surface area (Å²) in [5.74, 6) is 0.607. The first-order valence-corrected chi connectivity index (χ1v) is 5.07. The van der Waals surface area contributed by atoms with Crippen molar-refractivity contribution in [2.24, 2.45) is 5.92 Å². The molecule has 1 aliphatic rings. The zero-order valence-corrected chi connectivity index (χ0v) is 8.44. The molecule has 15 heavy (non-hydrogen) atoms. The van der Waals surface area contributed by atoms with E-state index < -0.39 is 0 Å². The highest BCUT2D eigenvalue weighted by molar-refractivity contribution is 5.76. The van der Waals surface area contributed by atoms with E-state index in [1.54, 1.807) is 12.3 Å². The molecular formula is C10H14N4O. The van der Waals surface area contributed by atoms with Crippen LogP contribution in [0.4, 0.5) is 0 Å². The van der Waals surface area contributed by atoms with Gasteiger partial charge in [-0.3, -0.25) is 4.79 Å². The van der Waals surface area contributed by atoms with Crippen molar-refractivity contribution in [3.05, 3.63) is 24.3 Å². The first-order valence-electron chi connectivity index (χ1n) is 5.07. The number of carbonyl (C=O) groups is 1. The van der Waals surface area contributed by atoms with Gasteiger partial charge in [-0.05, 0) is 25.1 Å². The number of nitrogens with zero attached hydrogens (tertiary/aromatic N) is 2. The largest absolute Gasteiger partial charge is 0.350 e. The Hall–Kier alpha value is -1.49. The maximum absolute atomic E-state index is 11.4. The second kappa shape index (κ2) is 4.84. The molecule has 0 aliphatic carbocycles. The van der Waals surface area contributed by atoms with Crippen molar-refractivity contribution in [2.75, 3.05) is 13.1 Å². The summed E-state index contributed by atoms with van der Waals surface area (Å²) in [6.45, 7) is 2.41. The molecule has 80 valence electrons. The van der Waals surface area contributed by atoms with E-state index >= 15 is 0 Å². The van der Waals surface area contributed by atoms with E-state index in [1.807, 2.05) is 0 Å². The number of hydrogen-bond acceptors (Lipinski definition) is 4. The van der Waals surface area contributed by atoms with Crippen LogP contribution in [0.15, 0.2) is 18.6 Å². The molecule has 0 atom stereocenters. The number of hydrogen-bond donors (Lipinski definition) is 2.